The summed E-state index contributed by atoms with van der Waals surface area (Å²) in [7, 11) is 1.72. The van der Waals surface area contributed by atoms with Crippen LogP contribution in [0.5, 0.6) is 0 Å². The number of ether oxygens (including phenoxy) is 2. The minimum Gasteiger partial charge on any atom is -0.394 e. The Bertz CT molecular complexity index is 1430. The van der Waals surface area contributed by atoms with Gasteiger partial charge in [-0.05, 0) is 0 Å². The molecule has 6 heterocycles. The van der Waals surface area contributed by atoms with Gasteiger partial charge in [-0.3, -0.25) is 9.13 Å². The third-order valence-corrected chi connectivity index (χ3v) is 6.57. The molecule has 0 radical (unpaired) electrons. The van der Waals surface area contributed by atoms with Gasteiger partial charge in [0, 0.05) is 7.05 Å². The van der Waals surface area contributed by atoms with Crippen LogP contribution >= 0.6 is 0 Å². The van der Waals surface area contributed by atoms with Crippen molar-refractivity contribution in [3.8, 4) is 0 Å². The molecule has 39 heavy (non-hydrogen) atoms. The van der Waals surface area contributed by atoms with E-state index in [1.165, 1.54) is 34.4 Å². The summed E-state index contributed by atoms with van der Waals surface area (Å²) in [5, 5.41) is 60.5. The van der Waals surface area contributed by atoms with E-state index in [2.05, 4.69) is 35.2 Å². The number of nitrogens with two attached hydrogens (primary N) is 1. The van der Waals surface area contributed by atoms with Gasteiger partial charge in [0.05, 0.1) is 25.9 Å². The molecule has 18 nitrogen and oxygen atoms in total. The van der Waals surface area contributed by atoms with Crippen LogP contribution in [0.1, 0.15) is 12.5 Å². The number of anilines is 2. The van der Waals surface area contributed by atoms with E-state index >= 15 is 0 Å². The van der Waals surface area contributed by atoms with E-state index in [1.807, 2.05) is 0 Å². The van der Waals surface area contributed by atoms with Crippen LogP contribution in [-0.4, -0.2) is 127 Å². The molecule has 2 saturated heterocycles. The highest BCUT2D eigenvalue weighted by Gasteiger charge is 2.45. The Morgan fingerprint density at radius 2 is 1.23 bits per heavy atom. The summed E-state index contributed by atoms with van der Waals surface area (Å²) in [6, 6.07) is 0. The third-order valence-electron chi connectivity index (χ3n) is 6.57. The molecule has 8 atom stereocenters. The van der Waals surface area contributed by atoms with Crippen LogP contribution in [0.4, 0.5) is 11.6 Å². The molecule has 0 aromatic carbocycles. The molecule has 2 aliphatic heterocycles. The second-order valence-corrected chi connectivity index (χ2v) is 8.84. The largest absolute Gasteiger partial charge is 0.394 e. The van der Waals surface area contributed by atoms with Crippen molar-refractivity contribution < 1.29 is 40.1 Å². The second-order valence-electron chi connectivity index (χ2n) is 8.84. The number of hydrogen-bond donors (Lipinski definition) is 8. The van der Waals surface area contributed by atoms with Crippen LogP contribution in [0.3, 0.4) is 0 Å². The van der Waals surface area contributed by atoms with E-state index in [0.717, 1.165) is 0 Å². The number of nitrogens with zero attached hydrogens (tertiary/aromatic N) is 8. The van der Waals surface area contributed by atoms with E-state index in [9.17, 15) is 20.4 Å². The second kappa shape index (κ2) is 10.9. The average molecular weight is 549 g/mol. The maximum absolute atomic E-state index is 10.0. The molecule has 0 aliphatic carbocycles. The topological polar surface area (TPSA) is 265 Å². The van der Waals surface area contributed by atoms with Gasteiger partial charge in [0.2, 0.25) is 0 Å². The fourth-order valence-corrected chi connectivity index (χ4v) is 4.50. The molecular formula is C21H28N10O8. The highest BCUT2D eigenvalue weighted by molar-refractivity contribution is 5.82. The first-order chi connectivity index (χ1) is 18.8. The zero-order chi connectivity index (χ0) is 27.8. The van der Waals surface area contributed by atoms with Crippen molar-refractivity contribution in [2.24, 2.45) is 0 Å². The van der Waals surface area contributed by atoms with E-state index in [1.54, 1.807) is 7.05 Å². The van der Waals surface area contributed by atoms with Gasteiger partial charge in [-0.2, -0.15) is 0 Å². The van der Waals surface area contributed by atoms with Gasteiger partial charge in [0.25, 0.3) is 0 Å². The molecule has 0 bridgehead atoms. The summed E-state index contributed by atoms with van der Waals surface area (Å²) in [6.45, 7) is -0.767. The monoisotopic (exact) mass is 548 g/mol. The number of hydrogen-bond acceptors (Lipinski definition) is 16. The van der Waals surface area contributed by atoms with Gasteiger partial charge in [0.15, 0.2) is 35.4 Å². The normalized spacial score (nSPS) is 30.5. The van der Waals surface area contributed by atoms with Crippen molar-refractivity contribution in [2.75, 3.05) is 31.3 Å². The summed E-state index contributed by atoms with van der Waals surface area (Å²) in [4.78, 5) is 24.2. The van der Waals surface area contributed by atoms with Crippen LogP contribution in [-0.2, 0) is 9.47 Å². The smallest absolute Gasteiger partial charge is 0.167 e. The zero-order valence-corrected chi connectivity index (χ0v) is 20.5. The van der Waals surface area contributed by atoms with Gasteiger partial charge in [-0.25, -0.2) is 29.9 Å². The SMILES string of the molecule is CNc1ncnc2c1ncn2[C@@H]1O[C@H](CO)[C@@H](O)[C@H]1O.Nc1ncnc2c1ncn2[C@@H]1O[C@H](CO)[C@@H](O)[C@H]1O. The molecule has 18 heteroatoms. The number of aromatic nitrogens is 8. The van der Waals surface area contributed by atoms with E-state index in [4.69, 9.17) is 25.4 Å². The zero-order valence-electron chi connectivity index (χ0n) is 20.5. The molecule has 2 fully saturated rings. The Balaban J connectivity index is 0.000000158. The lowest BCUT2D eigenvalue weighted by Gasteiger charge is -2.16. The summed E-state index contributed by atoms with van der Waals surface area (Å²) in [6.07, 6.45) is -2.61. The lowest BCUT2D eigenvalue weighted by Crippen LogP contribution is -2.33. The number of fused-ring (bicyclic) bond motifs is 2. The molecule has 4 aromatic heterocycles. The molecular weight excluding hydrogens is 520 g/mol. The van der Waals surface area contributed by atoms with Crippen LogP contribution in [0.15, 0.2) is 25.3 Å². The number of nitrogen functional groups attached to an aromatic ring is 1. The van der Waals surface area contributed by atoms with Crippen molar-refractivity contribution in [3.05, 3.63) is 25.3 Å². The van der Waals surface area contributed by atoms with Gasteiger partial charge in [0.1, 0.15) is 60.3 Å². The van der Waals surface area contributed by atoms with Gasteiger partial charge in [-0.1, -0.05) is 0 Å². The van der Waals surface area contributed by atoms with Crippen molar-refractivity contribution >= 4 is 34.0 Å². The maximum Gasteiger partial charge on any atom is 0.167 e. The maximum atomic E-state index is 10.0. The summed E-state index contributed by atoms with van der Waals surface area (Å²) >= 11 is 0. The summed E-state index contributed by atoms with van der Waals surface area (Å²) < 4.78 is 13.8. The predicted octanol–water partition coefficient (Wildman–Crippen LogP) is -3.50. The first-order valence-electron chi connectivity index (χ1n) is 11.8. The van der Waals surface area contributed by atoms with Crippen LogP contribution in [0.25, 0.3) is 22.3 Å². The van der Waals surface area contributed by atoms with Crippen LogP contribution < -0.4 is 11.1 Å². The number of rotatable bonds is 5. The molecule has 4 aromatic rings. The summed E-state index contributed by atoms with van der Waals surface area (Å²) in [5.41, 5.74) is 7.45. The minimum atomic E-state index is -1.19. The number of aliphatic hydroxyl groups excluding tert-OH is 6. The van der Waals surface area contributed by atoms with Crippen LogP contribution in [0, 0.1) is 0 Å². The Labute approximate surface area is 219 Å². The fourth-order valence-electron chi connectivity index (χ4n) is 4.50. The first kappa shape index (κ1) is 27.0. The minimum absolute atomic E-state index is 0.218. The van der Waals surface area contributed by atoms with Gasteiger partial charge >= 0.3 is 0 Å². The van der Waals surface area contributed by atoms with Crippen LogP contribution in [0.2, 0.25) is 0 Å². The fraction of sp³-hybridized carbons (Fsp3) is 0.524. The van der Waals surface area contributed by atoms with Crippen molar-refractivity contribution in [3.63, 3.8) is 0 Å². The molecule has 6 rings (SSSR count). The Kier molecular flexibility index (Phi) is 7.51. The van der Waals surface area contributed by atoms with Crippen molar-refractivity contribution in [1.29, 1.82) is 0 Å². The number of aliphatic hydroxyl groups is 6. The average Bonchev–Trinajstić information content (AvgIpc) is 3.70. The van der Waals surface area contributed by atoms with Gasteiger partial charge in [-0.15, -0.1) is 0 Å². The molecule has 2 aliphatic rings. The third kappa shape index (κ3) is 4.61. The quantitative estimate of drug-likeness (QED) is 0.120. The lowest BCUT2D eigenvalue weighted by atomic mass is 10.1. The standard InChI is InChI=1S/C11H15N5O4.C10H13N5O4/c1-12-9-6-10(14-3-13-9)16(4-15-6)11-8(19)7(18)5(2-17)20-11;11-8-5-9(13-2-12-8)15(3-14-5)10-7(18)6(17)4(1-16)19-10/h3-5,7-8,11,17-19H,2H2,1H3,(H,12,13,14);2-4,6-7,10,16-18H,1H2,(H2,11,12,13)/t5-,7-,8-,11-;4-,6-,7-,10-/m11/s1. The molecule has 0 amide bonds. The number of imidazole rings is 2. The Morgan fingerprint density at radius 1 is 0.744 bits per heavy atom. The van der Waals surface area contributed by atoms with Gasteiger partial charge < -0.3 is 51.2 Å². The highest BCUT2D eigenvalue weighted by atomic mass is 16.6. The predicted molar refractivity (Wildman–Crippen MR) is 131 cm³/mol. The van der Waals surface area contributed by atoms with E-state index < -0.39 is 55.7 Å². The van der Waals surface area contributed by atoms with Crippen molar-refractivity contribution in [2.45, 2.75) is 49.1 Å². The number of nitrogens with one attached hydrogen (secondary N) is 1. The Hall–Kier alpha value is -3.62. The molecule has 210 valence electrons. The molecule has 0 saturated carbocycles. The first-order valence-corrected chi connectivity index (χ1v) is 11.8. The van der Waals surface area contributed by atoms with E-state index in [0.29, 0.717) is 28.1 Å². The van der Waals surface area contributed by atoms with Crippen molar-refractivity contribution in [1.82, 2.24) is 39.0 Å². The van der Waals surface area contributed by atoms with E-state index in [-0.39, 0.29) is 12.4 Å². The lowest BCUT2D eigenvalue weighted by molar-refractivity contribution is -0.0511. The Morgan fingerprint density at radius 3 is 1.72 bits per heavy atom. The molecule has 9 N–H and O–H groups in total. The summed E-state index contributed by atoms with van der Waals surface area (Å²) in [5.74, 6) is 0.774. The highest BCUT2D eigenvalue weighted by Crippen LogP contribution is 2.33. The molecule has 0 spiro atoms. The molecule has 0 unspecified atom stereocenters.